The lowest BCUT2D eigenvalue weighted by Crippen LogP contribution is -2.45. The number of urea groups is 1. The van der Waals surface area contributed by atoms with Crippen molar-refractivity contribution in [2.45, 2.75) is 38.3 Å². The van der Waals surface area contributed by atoms with Gasteiger partial charge in [-0.1, -0.05) is 36.4 Å². The van der Waals surface area contributed by atoms with Crippen LogP contribution < -0.4 is 5.32 Å². The summed E-state index contributed by atoms with van der Waals surface area (Å²) in [5.74, 6) is -0.866. The molecule has 0 radical (unpaired) electrons. The third-order valence-electron chi connectivity index (χ3n) is 4.43. The van der Waals surface area contributed by atoms with Gasteiger partial charge in [-0.2, -0.15) is 0 Å². The molecule has 2 amide bonds. The molecule has 1 aromatic heterocycles. The van der Waals surface area contributed by atoms with Gasteiger partial charge in [0.05, 0.1) is 6.04 Å². The molecule has 0 aliphatic rings. The van der Waals surface area contributed by atoms with Gasteiger partial charge >= 0.3 is 12.0 Å². The molecule has 138 valence electrons. The van der Waals surface area contributed by atoms with Crippen LogP contribution in [0.15, 0.2) is 54.9 Å². The molecule has 0 aliphatic heterocycles. The Morgan fingerprint density at radius 3 is 2.54 bits per heavy atom. The van der Waals surface area contributed by atoms with Gasteiger partial charge < -0.3 is 15.3 Å². The molecule has 0 saturated heterocycles. The molecule has 0 spiro atoms. The molecule has 1 heterocycles. The fourth-order valence-corrected chi connectivity index (χ4v) is 2.72. The molecule has 2 atom stereocenters. The first kappa shape index (κ1) is 19.4. The number of carboxylic acids is 1. The summed E-state index contributed by atoms with van der Waals surface area (Å²) in [5.41, 5.74) is 2.00. The average Bonchev–Trinajstić information content (AvgIpc) is 2.66. The maximum absolute atomic E-state index is 12.7. The van der Waals surface area contributed by atoms with Crippen LogP contribution in [0.5, 0.6) is 0 Å². The van der Waals surface area contributed by atoms with E-state index in [0.29, 0.717) is 12.8 Å². The van der Waals surface area contributed by atoms with Crippen molar-refractivity contribution in [2.24, 2.45) is 0 Å². The number of aliphatic carboxylic acids is 1. The second-order valence-corrected chi connectivity index (χ2v) is 6.34. The quantitative estimate of drug-likeness (QED) is 0.761. The number of pyridine rings is 1. The van der Waals surface area contributed by atoms with Gasteiger partial charge in [-0.05, 0) is 37.0 Å². The highest BCUT2D eigenvalue weighted by Gasteiger charge is 2.21. The van der Waals surface area contributed by atoms with Gasteiger partial charge in [0.1, 0.15) is 0 Å². The Morgan fingerprint density at radius 1 is 1.19 bits per heavy atom. The Morgan fingerprint density at radius 2 is 1.92 bits per heavy atom. The first-order valence-corrected chi connectivity index (χ1v) is 8.66. The number of aromatic nitrogens is 1. The van der Waals surface area contributed by atoms with E-state index in [9.17, 15) is 9.59 Å². The average molecular weight is 355 g/mol. The van der Waals surface area contributed by atoms with E-state index in [0.717, 1.165) is 11.1 Å². The Kier molecular flexibility index (Phi) is 7.14. The summed E-state index contributed by atoms with van der Waals surface area (Å²) >= 11 is 0. The maximum atomic E-state index is 12.7. The number of carbonyl (C=O) groups is 2. The molecule has 6 nitrogen and oxygen atoms in total. The Hall–Kier alpha value is -2.89. The van der Waals surface area contributed by atoms with E-state index < -0.39 is 5.97 Å². The zero-order chi connectivity index (χ0) is 18.9. The van der Waals surface area contributed by atoms with Gasteiger partial charge in [0, 0.05) is 31.9 Å². The highest BCUT2D eigenvalue weighted by atomic mass is 16.4. The van der Waals surface area contributed by atoms with Gasteiger partial charge in [-0.25, -0.2) is 4.79 Å². The largest absolute Gasteiger partial charge is 0.481 e. The first-order chi connectivity index (χ1) is 12.5. The van der Waals surface area contributed by atoms with Gasteiger partial charge in [0.25, 0.3) is 0 Å². The lowest BCUT2D eigenvalue weighted by Gasteiger charge is -2.28. The topological polar surface area (TPSA) is 82.5 Å². The highest BCUT2D eigenvalue weighted by Crippen LogP contribution is 2.18. The van der Waals surface area contributed by atoms with Crippen LogP contribution in [0.2, 0.25) is 0 Å². The molecule has 1 aromatic carbocycles. The lowest BCUT2D eigenvalue weighted by molar-refractivity contribution is -0.137. The van der Waals surface area contributed by atoms with Crippen molar-refractivity contribution in [1.29, 1.82) is 0 Å². The van der Waals surface area contributed by atoms with Crippen LogP contribution in [0.4, 0.5) is 4.79 Å². The Balaban J connectivity index is 2.02. The van der Waals surface area contributed by atoms with E-state index in [1.165, 1.54) is 0 Å². The molecule has 6 heteroatoms. The first-order valence-electron chi connectivity index (χ1n) is 8.66. The Labute approximate surface area is 153 Å². The maximum Gasteiger partial charge on any atom is 0.317 e. The predicted molar refractivity (Wildman–Crippen MR) is 99.8 cm³/mol. The number of benzene rings is 1. The zero-order valence-electron chi connectivity index (χ0n) is 15.1. The Bertz CT molecular complexity index is 707. The molecular formula is C20H25N3O3. The molecule has 2 aromatic rings. The van der Waals surface area contributed by atoms with E-state index in [4.69, 9.17) is 5.11 Å². The van der Waals surface area contributed by atoms with E-state index in [1.54, 1.807) is 24.3 Å². The molecule has 0 aliphatic carbocycles. The second kappa shape index (κ2) is 9.56. The summed E-state index contributed by atoms with van der Waals surface area (Å²) in [6, 6.07) is 12.9. The third kappa shape index (κ3) is 5.88. The molecule has 26 heavy (non-hydrogen) atoms. The van der Waals surface area contributed by atoms with Crippen LogP contribution in [0.1, 0.15) is 36.9 Å². The highest BCUT2D eigenvalue weighted by molar-refractivity contribution is 5.75. The number of rotatable bonds is 8. The van der Waals surface area contributed by atoms with Crippen molar-refractivity contribution < 1.29 is 14.7 Å². The van der Waals surface area contributed by atoms with Gasteiger partial charge in [0.15, 0.2) is 0 Å². The normalized spacial score (nSPS) is 12.8. The van der Waals surface area contributed by atoms with E-state index in [-0.39, 0.29) is 24.5 Å². The summed E-state index contributed by atoms with van der Waals surface area (Å²) in [4.78, 5) is 29.3. The van der Waals surface area contributed by atoms with Crippen molar-refractivity contribution in [2.75, 3.05) is 7.05 Å². The lowest BCUT2D eigenvalue weighted by atomic mass is 10.0. The minimum atomic E-state index is -0.866. The minimum Gasteiger partial charge on any atom is -0.481 e. The van der Waals surface area contributed by atoms with Crippen molar-refractivity contribution in [3.8, 4) is 0 Å². The second-order valence-electron chi connectivity index (χ2n) is 6.34. The number of nitrogens with one attached hydrogen (secondary N) is 1. The fraction of sp³-hybridized carbons (Fsp3) is 0.350. The fourth-order valence-electron chi connectivity index (χ4n) is 2.72. The molecule has 2 N–H and O–H groups in total. The van der Waals surface area contributed by atoms with E-state index in [2.05, 4.69) is 10.3 Å². The SMILES string of the molecule is CC(c1cccnc1)N(C)C(=O)NC(CCC(=O)O)Cc1ccccc1. The molecule has 2 unspecified atom stereocenters. The monoisotopic (exact) mass is 355 g/mol. The zero-order valence-corrected chi connectivity index (χ0v) is 15.1. The van der Waals surface area contributed by atoms with Crippen molar-refractivity contribution >= 4 is 12.0 Å². The summed E-state index contributed by atoms with van der Waals surface area (Å²) in [5, 5.41) is 12.0. The van der Waals surface area contributed by atoms with Gasteiger partial charge in [-0.3, -0.25) is 9.78 Å². The van der Waals surface area contributed by atoms with Crippen molar-refractivity contribution in [3.63, 3.8) is 0 Å². The third-order valence-corrected chi connectivity index (χ3v) is 4.43. The molecule has 2 rings (SSSR count). The summed E-state index contributed by atoms with van der Waals surface area (Å²) in [7, 11) is 1.73. The van der Waals surface area contributed by atoms with Crippen LogP contribution in [-0.2, 0) is 11.2 Å². The number of hydrogen-bond donors (Lipinski definition) is 2. The van der Waals surface area contributed by atoms with E-state index in [1.807, 2.05) is 49.4 Å². The molecular weight excluding hydrogens is 330 g/mol. The van der Waals surface area contributed by atoms with Crippen molar-refractivity contribution in [1.82, 2.24) is 15.2 Å². The summed E-state index contributed by atoms with van der Waals surface area (Å²) < 4.78 is 0. The summed E-state index contributed by atoms with van der Waals surface area (Å²) in [6.45, 7) is 1.93. The van der Waals surface area contributed by atoms with E-state index >= 15 is 0 Å². The molecule has 0 fully saturated rings. The van der Waals surface area contributed by atoms with Crippen molar-refractivity contribution in [3.05, 3.63) is 66.0 Å². The van der Waals surface area contributed by atoms with Gasteiger partial charge in [-0.15, -0.1) is 0 Å². The number of hydrogen-bond acceptors (Lipinski definition) is 3. The molecule has 0 bridgehead atoms. The predicted octanol–water partition coefficient (Wildman–Crippen LogP) is 3.26. The van der Waals surface area contributed by atoms with Crippen LogP contribution in [0, 0.1) is 0 Å². The minimum absolute atomic E-state index is 0.0135. The number of amides is 2. The smallest absolute Gasteiger partial charge is 0.317 e. The van der Waals surface area contributed by atoms with Crippen LogP contribution in [0.3, 0.4) is 0 Å². The standard InChI is InChI=1S/C20H25N3O3/c1-15(17-9-6-12-21-14-17)23(2)20(26)22-18(10-11-19(24)25)13-16-7-4-3-5-8-16/h3-9,12,14-15,18H,10-11,13H2,1-2H3,(H,22,26)(H,24,25). The van der Waals surface area contributed by atoms with Crippen LogP contribution in [-0.4, -0.2) is 40.1 Å². The number of carbonyl (C=O) groups excluding carboxylic acids is 1. The number of carboxylic acid groups (broad SMARTS) is 1. The van der Waals surface area contributed by atoms with Crippen LogP contribution in [0.25, 0.3) is 0 Å². The number of nitrogens with zero attached hydrogens (tertiary/aromatic N) is 2. The molecule has 0 saturated carbocycles. The van der Waals surface area contributed by atoms with Crippen LogP contribution >= 0.6 is 0 Å². The van der Waals surface area contributed by atoms with Gasteiger partial charge in [0.2, 0.25) is 0 Å². The summed E-state index contributed by atoms with van der Waals surface area (Å²) in [6.07, 6.45) is 4.41.